The fraction of sp³-hybridized carbons (Fsp3) is 0.222. The minimum absolute atomic E-state index is 0.152. The number of carbonyl (C=O) groups excluding carboxylic acids is 1. The first-order valence-electron chi connectivity index (χ1n) is 7.71. The summed E-state index contributed by atoms with van der Waals surface area (Å²) in [7, 11) is 3.41. The number of nitrogens with zero attached hydrogens (tertiary/aromatic N) is 2. The molecule has 6 nitrogen and oxygen atoms in total. The first-order valence-corrected chi connectivity index (χ1v) is 8.59. The average molecular weight is 357 g/mol. The van der Waals surface area contributed by atoms with E-state index in [9.17, 15) is 4.79 Å². The maximum Gasteiger partial charge on any atom is 0.266 e. The second kappa shape index (κ2) is 7.40. The Bertz CT molecular complexity index is 885. The summed E-state index contributed by atoms with van der Waals surface area (Å²) in [4.78, 5) is 13.0. The van der Waals surface area contributed by atoms with Crippen LogP contribution in [0.5, 0.6) is 11.5 Å². The van der Waals surface area contributed by atoms with E-state index in [4.69, 9.17) is 9.47 Å². The normalized spacial score (nSPS) is 10.5. The summed E-state index contributed by atoms with van der Waals surface area (Å²) in [6.07, 6.45) is 0. The number of hydrogen-bond acceptors (Lipinski definition) is 5. The van der Waals surface area contributed by atoms with E-state index in [1.807, 2.05) is 48.7 Å². The molecule has 0 aliphatic heterocycles. The highest BCUT2D eigenvalue weighted by atomic mass is 32.1. The largest absolute Gasteiger partial charge is 0.497 e. The third kappa shape index (κ3) is 4.19. The zero-order chi connectivity index (χ0) is 17.8. The van der Waals surface area contributed by atoms with E-state index in [0.717, 1.165) is 22.8 Å². The molecule has 2 aromatic heterocycles. The average Bonchev–Trinajstić information content (AvgIpc) is 3.20. The van der Waals surface area contributed by atoms with Gasteiger partial charge in [0.15, 0.2) is 0 Å². The zero-order valence-corrected chi connectivity index (χ0v) is 15.1. The van der Waals surface area contributed by atoms with Crippen molar-refractivity contribution in [1.29, 1.82) is 0 Å². The van der Waals surface area contributed by atoms with Gasteiger partial charge in [0.05, 0.1) is 17.7 Å². The van der Waals surface area contributed by atoms with Crippen LogP contribution in [0.4, 0.5) is 5.82 Å². The molecule has 0 spiro atoms. The van der Waals surface area contributed by atoms with Crippen molar-refractivity contribution in [2.24, 2.45) is 7.05 Å². The summed E-state index contributed by atoms with van der Waals surface area (Å²) in [6.45, 7) is 2.27. The van der Waals surface area contributed by atoms with Crippen LogP contribution in [0.15, 0.2) is 41.8 Å². The van der Waals surface area contributed by atoms with Crippen LogP contribution in [0.25, 0.3) is 0 Å². The fourth-order valence-corrected chi connectivity index (χ4v) is 3.13. The van der Waals surface area contributed by atoms with Crippen LogP contribution in [0.3, 0.4) is 0 Å². The minimum atomic E-state index is -0.152. The highest BCUT2D eigenvalue weighted by molar-refractivity contribution is 7.12. The highest BCUT2D eigenvalue weighted by Gasteiger charge is 2.12. The first-order chi connectivity index (χ1) is 12.0. The van der Waals surface area contributed by atoms with E-state index in [0.29, 0.717) is 17.3 Å². The molecule has 0 atom stereocenters. The standard InChI is InChI=1S/C18H19N3O3S/c1-12-7-17(21(2)20-12)19-18(22)16-8-13(11-25-16)10-24-15-6-4-5-14(9-15)23-3/h4-9,11H,10H2,1-3H3,(H,19,22). The minimum Gasteiger partial charge on any atom is -0.497 e. The molecule has 0 bridgehead atoms. The third-order valence-corrected chi connectivity index (χ3v) is 4.55. The monoisotopic (exact) mass is 357 g/mol. The van der Waals surface area contributed by atoms with Crippen LogP contribution < -0.4 is 14.8 Å². The molecule has 1 amide bonds. The van der Waals surface area contributed by atoms with Gasteiger partial charge in [-0.3, -0.25) is 9.48 Å². The SMILES string of the molecule is COc1cccc(OCc2csc(C(=O)Nc3cc(C)nn3C)c2)c1. The zero-order valence-electron chi connectivity index (χ0n) is 14.3. The van der Waals surface area contributed by atoms with Crippen LogP contribution in [0, 0.1) is 6.92 Å². The Labute approximate surface area is 150 Å². The van der Waals surface area contributed by atoms with Crippen molar-refractivity contribution in [3.05, 3.63) is 57.9 Å². The molecule has 2 heterocycles. The van der Waals surface area contributed by atoms with E-state index >= 15 is 0 Å². The number of rotatable bonds is 6. The summed E-state index contributed by atoms with van der Waals surface area (Å²) in [5.41, 5.74) is 1.80. The second-order valence-electron chi connectivity index (χ2n) is 5.54. The summed E-state index contributed by atoms with van der Waals surface area (Å²) in [6, 6.07) is 11.1. The van der Waals surface area contributed by atoms with Crippen molar-refractivity contribution in [3.8, 4) is 11.5 Å². The quantitative estimate of drug-likeness (QED) is 0.732. The molecule has 3 rings (SSSR count). The summed E-state index contributed by atoms with van der Waals surface area (Å²) in [5.74, 6) is 1.99. The Morgan fingerprint density at radius 2 is 2.08 bits per heavy atom. The lowest BCUT2D eigenvalue weighted by Crippen LogP contribution is -2.13. The molecule has 130 valence electrons. The van der Waals surface area contributed by atoms with Crippen LogP contribution in [0.1, 0.15) is 20.9 Å². The predicted octanol–water partition coefficient (Wildman–Crippen LogP) is 3.63. The van der Waals surface area contributed by atoms with Crippen LogP contribution in [0.2, 0.25) is 0 Å². The molecule has 0 saturated heterocycles. The molecular formula is C18H19N3O3S. The molecule has 0 aliphatic rings. The number of thiophene rings is 1. The Morgan fingerprint density at radius 3 is 2.80 bits per heavy atom. The fourth-order valence-electron chi connectivity index (χ4n) is 2.33. The summed E-state index contributed by atoms with van der Waals surface area (Å²) < 4.78 is 12.6. The number of nitrogens with one attached hydrogen (secondary N) is 1. The lowest BCUT2D eigenvalue weighted by atomic mass is 10.3. The van der Waals surface area contributed by atoms with Crippen molar-refractivity contribution >= 4 is 23.1 Å². The number of hydrogen-bond donors (Lipinski definition) is 1. The van der Waals surface area contributed by atoms with E-state index in [2.05, 4.69) is 10.4 Å². The van der Waals surface area contributed by atoms with Crippen molar-refractivity contribution in [3.63, 3.8) is 0 Å². The molecule has 0 fully saturated rings. The van der Waals surface area contributed by atoms with E-state index < -0.39 is 0 Å². The molecule has 25 heavy (non-hydrogen) atoms. The Hall–Kier alpha value is -2.80. The summed E-state index contributed by atoms with van der Waals surface area (Å²) >= 11 is 1.39. The molecule has 3 aromatic rings. The smallest absolute Gasteiger partial charge is 0.266 e. The number of aryl methyl sites for hydroxylation is 2. The van der Waals surface area contributed by atoms with Gasteiger partial charge in [-0.2, -0.15) is 5.10 Å². The number of ether oxygens (including phenoxy) is 2. The van der Waals surface area contributed by atoms with Crippen molar-refractivity contribution in [1.82, 2.24) is 9.78 Å². The van der Waals surface area contributed by atoms with Gasteiger partial charge >= 0.3 is 0 Å². The van der Waals surface area contributed by atoms with Crippen LogP contribution in [-0.2, 0) is 13.7 Å². The molecule has 0 saturated carbocycles. The van der Waals surface area contributed by atoms with Gasteiger partial charge in [0.1, 0.15) is 23.9 Å². The van der Waals surface area contributed by atoms with Gasteiger partial charge in [0.25, 0.3) is 5.91 Å². The van der Waals surface area contributed by atoms with Gasteiger partial charge in [0.2, 0.25) is 0 Å². The van der Waals surface area contributed by atoms with Gasteiger partial charge < -0.3 is 14.8 Å². The van der Waals surface area contributed by atoms with Crippen LogP contribution in [-0.4, -0.2) is 22.8 Å². The van der Waals surface area contributed by atoms with Crippen molar-refractivity contribution in [2.45, 2.75) is 13.5 Å². The number of benzene rings is 1. The molecule has 1 N–H and O–H groups in total. The highest BCUT2D eigenvalue weighted by Crippen LogP contribution is 2.22. The first kappa shape index (κ1) is 17.0. The summed E-state index contributed by atoms with van der Waals surface area (Å²) in [5, 5.41) is 9.00. The predicted molar refractivity (Wildman–Crippen MR) is 97.5 cm³/mol. The second-order valence-corrected chi connectivity index (χ2v) is 6.45. The van der Waals surface area contributed by atoms with Crippen molar-refractivity contribution in [2.75, 3.05) is 12.4 Å². The van der Waals surface area contributed by atoms with Crippen LogP contribution >= 0.6 is 11.3 Å². The molecular weight excluding hydrogens is 338 g/mol. The van der Waals surface area contributed by atoms with Gasteiger partial charge in [-0.05, 0) is 30.5 Å². The lowest BCUT2D eigenvalue weighted by Gasteiger charge is -2.06. The van der Waals surface area contributed by atoms with E-state index in [1.54, 1.807) is 18.8 Å². The van der Waals surface area contributed by atoms with Crippen molar-refractivity contribution < 1.29 is 14.3 Å². The van der Waals surface area contributed by atoms with Gasteiger partial charge in [-0.15, -0.1) is 11.3 Å². The maximum absolute atomic E-state index is 12.3. The van der Waals surface area contributed by atoms with Gasteiger partial charge in [0, 0.05) is 24.7 Å². The van der Waals surface area contributed by atoms with E-state index in [1.165, 1.54) is 11.3 Å². The molecule has 0 unspecified atom stereocenters. The Balaban J connectivity index is 1.61. The number of aromatic nitrogens is 2. The number of anilines is 1. The molecule has 1 aromatic carbocycles. The third-order valence-electron chi connectivity index (χ3n) is 3.57. The lowest BCUT2D eigenvalue weighted by molar-refractivity contribution is 0.102. The Morgan fingerprint density at radius 1 is 1.28 bits per heavy atom. The Kier molecular flexibility index (Phi) is 5.04. The van der Waals surface area contributed by atoms with Gasteiger partial charge in [-0.25, -0.2) is 0 Å². The number of carbonyl (C=O) groups is 1. The molecule has 7 heteroatoms. The molecule has 0 radical (unpaired) electrons. The number of amides is 1. The van der Waals surface area contributed by atoms with E-state index in [-0.39, 0.29) is 5.91 Å². The van der Waals surface area contributed by atoms with Gasteiger partial charge in [-0.1, -0.05) is 6.07 Å². The molecule has 0 aliphatic carbocycles. The number of methoxy groups -OCH3 is 1. The maximum atomic E-state index is 12.3. The topological polar surface area (TPSA) is 65.4 Å².